The lowest BCUT2D eigenvalue weighted by Crippen LogP contribution is -2.15. The van der Waals surface area contributed by atoms with Crippen LogP contribution in [0.3, 0.4) is 0 Å². The number of ether oxygens (including phenoxy) is 2. The van der Waals surface area contributed by atoms with Crippen LogP contribution in [-0.4, -0.2) is 35.7 Å². The average molecular weight is 262 g/mol. The molecule has 0 rings (SSSR count). The van der Waals surface area contributed by atoms with Crippen LogP contribution in [0.15, 0.2) is 0 Å². The van der Waals surface area contributed by atoms with Crippen molar-refractivity contribution >= 4 is 37.2 Å². The summed E-state index contributed by atoms with van der Waals surface area (Å²) in [5, 5.41) is -0.936. The van der Waals surface area contributed by atoms with E-state index < -0.39 is 22.4 Å². The summed E-state index contributed by atoms with van der Waals surface area (Å²) >= 11 is 7.77. The smallest absolute Gasteiger partial charge is 0.319 e. The van der Waals surface area contributed by atoms with Crippen LogP contribution in [0, 0.1) is 11.8 Å². The Labute approximate surface area is 106 Å². The van der Waals surface area contributed by atoms with Crippen molar-refractivity contribution in [3.8, 4) is 11.8 Å². The summed E-state index contributed by atoms with van der Waals surface area (Å²) in [6.07, 6.45) is 0. The predicted octanol–water partition coefficient (Wildman–Crippen LogP) is 0.713. The molecule has 0 spiro atoms. The molecule has 0 aromatic heterocycles. The Kier molecular flexibility index (Phi) is 7.95. The number of thiol groups is 2. The van der Waals surface area contributed by atoms with Crippen molar-refractivity contribution in [1.29, 1.82) is 0 Å². The molecule has 0 radical (unpaired) electrons. The van der Waals surface area contributed by atoms with E-state index in [1.165, 1.54) is 0 Å². The van der Waals surface area contributed by atoms with Crippen molar-refractivity contribution in [3.05, 3.63) is 0 Å². The maximum Gasteiger partial charge on any atom is 0.319 e. The van der Waals surface area contributed by atoms with Gasteiger partial charge in [0.2, 0.25) is 0 Å². The maximum atomic E-state index is 10.9. The van der Waals surface area contributed by atoms with Gasteiger partial charge in [-0.1, -0.05) is 11.8 Å². The van der Waals surface area contributed by atoms with Crippen LogP contribution in [0.25, 0.3) is 0 Å². The highest BCUT2D eigenvalue weighted by Gasteiger charge is 2.08. The van der Waals surface area contributed by atoms with Gasteiger partial charge in [-0.3, -0.25) is 9.59 Å². The zero-order chi connectivity index (χ0) is 12.6. The third kappa shape index (κ3) is 7.49. The van der Waals surface area contributed by atoms with Crippen LogP contribution < -0.4 is 0 Å². The van der Waals surface area contributed by atoms with Crippen molar-refractivity contribution < 1.29 is 19.1 Å². The molecule has 6 heteroatoms. The SMILES string of the molecule is CC(S)C(=O)OCC#CCOC(=O)C(C)S. The maximum absolute atomic E-state index is 10.9. The van der Waals surface area contributed by atoms with Crippen molar-refractivity contribution in [2.24, 2.45) is 0 Å². The fourth-order valence-corrected chi connectivity index (χ4v) is 0.707. The molecule has 0 aromatic carbocycles. The third-order valence-corrected chi connectivity index (χ3v) is 1.80. The molecule has 0 aliphatic carbocycles. The standard InChI is InChI=1S/C10H14O4S2/c1-7(15)9(11)13-5-3-4-6-14-10(12)8(2)16/h7-8,15-16H,5-6H2,1-2H3. The zero-order valence-electron chi connectivity index (χ0n) is 9.10. The lowest BCUT2D eigenvalue weighted by atomic mass is 10.5. The molecule has 0 fully saturated rings. The fourth-order valence-electron chi connectivity index (χ4n) is 0.558. The largest absolute Gasteiger partial charge is 0.452 e. The topological polar surface area (TPSA) is 52.6 Å². The van der Waals surface area contributed by atoms with Crippen LogP contribution in [0.4, 0.5) is 0 Å². The molecular weight excluding hydrogens is 248 g/mol. The molecule has 0 amide bonds. The van der Waals surface area contributed by atoms with Gasteiger partial charge in [-0.15, -0.1) is 0 Å². The lowest BCUT2D eigenvalue weighted by molar-refractivity contribution is -0.142. The first kappa shape index (κ1) is 15.2. The van der Waals surface area contributed by atoms with Crippen molar-refractivity contribution in [3.63, 3.8) is 0 Å². The molecule has 0 aromatic rings. The summed E-state index contributed by atoms with van der Waals surface area (Å²) < 4.78 is 9.43. The van der Waals surface area contributed by atoms with Gasteiger partial charge in [-0.2, -0.15) is 25.3 Å². The first-order valence-corrected chi connectivity index (χ1v) is 5.63. The number of esters is 2. The summed E-state index contributed by atoms with van der Waals surface area (Å²) in [4.78, 5) is 21.8. The molecule has 16 heavy (non-hydrogen) atoms. The number of hydrogen-bond acceptors (Lipinski definition) is 6. The van der Waals surface area contributed by atoms with E-state index in [1.807, 2.05) is 0 Å². The molecule has 0 aliphatic rings. The minimum Gasteiger partial charge on any atom is -0.452 e. The normalized spacial score (nSPS) is 13.0. The minimum atomic E-state index is -0.468. The van der Waals surface area contributed by atoms with Crippen molar-refractivity contribution in [2.75, 3.05) is 13.2 Å². The number of carbonyl (C=O) groups excluding carboxylic acids is 2. The first-order valence-electron chi connectivity index (χ1n) is 4.60. The van der Waals surface area contributed by atoms with E-state index >= 15 is 0 Å². The van der Waals surface area contributed by atoms with Crippen molar-refractivity contribution in [1.82, 2.24) is 0 Å². The van der Waals surface area contributed by atoms with Crippen LogP contribution in [0.5, 0.6) is 0 Å². The van der Waals surface area contributed by atoms with Gasteiger partial charge < -0.3 is 9.47 Å². The second kappa shape index (κ2) is 8.36. The predicted molar refractivity (Wildman–Crippen MR) is 66.6 cm³/mol. The van der Waals surface area contributed by atoms with Crippen LogP contribution in [0.2, 0.25) is 0 Å². The van der Waals surface area contributed by atoms with E-state index in [2.05, 4.69) is 37.1 Å². The van der Waals surface area contributed by atoms with Gasteiger partial charge in [-0.05, 0) is 13.8 Å². The van der Waals surface area contributed by atoms with Gasteiger partial charge in [0, 0.05) is 0 Å². The van der Waals surface area contributed by atoms with Crippen LogP contribution in [-0.2, 0) is 19.1 Å². The first-order chi connectivity index (χ1) is 7.45. The summed E-state index contributed by atoms with van der Waals surface area (Å²) in [5.41, 5.74) is 0. The Balaban J connectivity index is 3.64. The molecule has 2 atom stereocenters. The highest BCUT2D eigenvalue weighted by atomic mass is 32.1. The van der Waals surface area contributed by atoms with E-state index in [9.17, 15) is 9.59 Å². The summed E-state index contributed by atoms with van der Waals surface area (Å²) in [5.74, 6) is 4.21. The zero-order valence-corrected chi connectivity index (χ0v) is 10.9. The highest BCUT2D eigenvalue weighted by Crippen LogP contribution is 1.95. The molecule has 90 valence electrons. The second-order valence-corrected chi connectivity index (χ2v) is 4.47. The van der Waals surface area contributed by atoms with Gasteiger partial charge in [0.1, 0.15) is 0 Å². The fraction of sp³-hybridized carbons (Fsp3) is 0.600. The summed E-state index contributed by atoms with van der Waals surface area (Å²) in [6.45, 7) is 3.15. The minimum absolute atomic E-state index is 0.0300. The van der Waals surface area contributed by atoms with Gasteiger partial charge in [0.05, 0.1) is 10.5 Å². The highest BCUT2D eigenvalue weighted by molar-refractivity contribution is 7.81. The molecule has 0 heterocycles. The Morgan fingerprint density at radius 1 is 1.00 bits per heavy atom. The number of hydrogen-bond donors (Lipinski definition) is 2. The summed E-state index contributed by atoms with van der Waals surface area (Å²) in [6, 6.07) is 0. The van der Waals surface area contributed by atoms with E-state index in [0.29, 0.717) is 0 Å². The Hall–Kier alpha value is -0.800. The van der Waals surface area contributed by atoms with E-state index in [0.717, 1.165) is 0 Å². The number of rotatable bonds is 4. The van der Waals surface area contributed by atoms with Gasteiger partial charge in [0.25, 0.3) is 0 Å². The van der Waals surface area contributed by atoms with Gasteiger partial charge in [0.15, 0.2) is 13.2 Å². The molecule has 0 bridgehead atoms. The van der Waals surface area contributed by atoms with Gasteiger partial charge >= 0.3 is 11.9 Å². The molecule has 0 aliphatic heterocycles. The summed E-state index contributed by atoms with van der Waals surface area (Å²) in [7, 11) is 0. The average Bonchev–Trinajstić information content (AvgIpc) is 2.21. The van der Waals surface area contributed by atoms with E-state index in [4.69, 9.17) is 9.47 Å². The molecule has 0 N–H and O–H groups in total. The van der Waals surface area contributed by atoms with Gasteiger partial charge in [-0.25, -0.2) is 0 Å². The lowest BCUT2D eigenvalue weighted by Gasteiger charge is -2.02. The number of carbonyl (C=O) groups is 2. The molecule has 0 saturated carbocycles. The Bertz CT molecular complexity index is 274. The van der Waals surface area contributed by atoms with E-state index in [-0.39, 0.29) is 13.2 Å². The Morgan fingerprint density at radius 2 is 1.31 bits per heavy atom. The van der Waals surface area contributed by atoms with Crippen molar-refractivity contribution in [2.45, 2.75) is 24.3 Å². The van der Waals surface area contributed by atoms with E-state index in [1.54, 1.807) is 13.8 Å². The van der Waals surface area contributed by atoms with Crippen LogP contribution in [0.1, 0.15) is 13.8 Å². The monoisotopic (exact) mass is 262 g/mol. The third-order valence-electron chi connectivity index (χ3n) is 1.38. The Morgan fingerprint density at radius 3 is 1.56 bits per heavy atom. The molecule has 4 nitrogen and oxygen atoms in total. The van der Waals surface area contributed by atoms with Crippen LogP contribution >= 0.6 is 25.3 Å². The second-order valence-electron chi connectivity index (χ2n) is 2.92. The molecule has 2 unspecified atom stereocenters. The quantitative estimate of drug-likeness (QED) is 0.445. The molecule has 0 saturated heterocycles. The molecular formula is C10H14O4S2.